The summed E-state index contributed by atoms with van der Waals surface area (Å²) in [6.45, 7) is 7.70. The van der Waals surface area contributed by atoms with E-state index < -0.39 is 0 Å². The van der Waals surface area contributed by atoms with Gasteiger partial charge in [-0.1, -0.05) is 24.3 Å². The van der Waals surface area contributed by atoms with E-state index in [-0.39, 0.29) is 24.3 Å². The monoisotopic (exact) mass is 438 g/mol. The molecule has 0 atom stereocenters. The molecule has 0 unspecified atom stereocenters. The molecule has 2 aliphatic rings. The highest BCUT2D eigenvalue weighted by atomic mass is 32.2. The Morgan fingerprint density at radius 3 is 2.55 bits per heavy atom. The minimum Gasteiger partial charge on any atom is -0.491 e. The third-order valence-electron chi connectivity index (χ3n) is 5.36. The molecular weight excluding hydrogens is 412 g/mol. The Balaban J connectivity index is 1.37. The van der Waals surface area contributed by atoms with Crippen LogP contribution >= 0.6 is 11.8 Å². The molecule has 2 fully saturated rings. The summed E-state index contributed by atoms with van der Waals surface area (Å²) in [5.74, 6) is 0.514. The number of hydrogen-bond acceptors (Lipinski definition) is 6. The number of imide groups is 1. The average molecular weight is 439 g/mol. The molecule has 0 aliphatic carbocycles. The molecule has 2 aliphatic heterocycles. The van der Waals surface area contributed by atoms with E-state index in [1.807, 2.05) is 56.3 Å². The minimum absolute atomic E-state index is 0.228. The first-order valence-electron chi connectivity index (χ1n) is 10.4. The van der Waals surface area contributed by atoms with Gasteiger partial charge in [-0.05, 0) is 66.6 Å². The second-order valence-corrected chi connectivity index (χ2v) is 8.63. The topological polar surface area (TPSA) is 59.1 Å². The fourth-order valence-electron chi connectivity index (χ4n) is 3.56. The zero-order valence-electron chi connectivity index (χ0n) is 17.8. The van der Waals surface area contributed by atoms with E-state index in [0.717, 1.165) is 66.2 Å². The predicted octanol–water partition coefficient (Wildman–Crippen LogP) is 4.26. The lowest BCUT2D eigenvalue weighted by atomic mass is 10.1. The summed E-state index contributed by atoms with van der Waals surface area (Å²) in [4.78, 5) is 29.1. The predicted molar refractivity (Wildman–Crippen MR) is 124 cm³/mol. The number of benzene rings is 2. The third kappa shape index (κ3) is 5.11. The Morgan fingerprint density at radius 2 is 1.81 bits per heavy atom. The molecule has 7 heteroatoms. The van der Waals surface area contributed by atoms with E-state index >= 15 is 0 Å². The van der Waals surface area contributed by atoms with Crippen LogP contribution in [0.2, 0.25) is 0 Å². The summed E-state index contributed by atoms with van der Waals surface area (Å²) in [5, 5.41) is -0.259. The first-order valence-corrected chi connectivity index (χ1v) is 11.2. The van der Waals surface area contributed by atoms with Crippen molar-refractivity contribution in [1.82, 2.24) is 4.90 Å². The van der Waals surface area contributed by atoms with Crippen LogP contribution in [0.3, 0.4) is 0 Å². The van der Waals surface area contributed by atoms with E-state index in [9.17, 15) is 9.59 Å². The van der Waals surface area contributed by atoms with E-state index in [4.69, 9.17) is 9.47 Å². The SMILES string of the molecule is Cc1ccc(C)c(OCCN2C(=O)S/C(=C\c3ccc(N4CCOCC4)cc3)C2=O)c1. The molecule has 6 nitrogen and oxygen atoms in total. The summed E-state index contributed by atoms with van der Waals surface area (Å²) in [6.07, 6.45) is 1.78. The van der Waals surface area contributed by atoms with Crippen molar-refractivity contribution in [3.8, 4) is 5.75 Å². The number of nitrogens with zero attached hydrogens (tertiary/aromatic N) is 2. The van der Waals surface area contributed by atoms with Crippen molar-refractivity contribution in [2.45, 2.75) is 13.8 Å². The van der Waals surface area contributed by atoms with Crippen LogP contribution in [-0.2, 0) is 9.53 Å². The molecule has 0 N–H and O–H groups in total. The average Bonchev–Trinajstić information content (AvgIpc) is 3.04. The minimum atomic E-state index is -0.267. The van der Waals surface area contributed by atoms with Crippen LogP contribution in [0.5, 0.6) is 5.75 Å². The summed E-state index contributed by atoms with van der Waals surface area (Å²) >= 11 is 0.977. The smallest absolute Gasteiger partial charge is 0.293 e. The molecule has 31 heavy (non-hydrogen) atoms. The van der Waals surface area contributed by atoms with Crippen molar-refractivity contribution < 1.29 is 19.1 Å². The van der Waals surface area contributed by atoms with Gasteiger partial charge in [0.1, 0.15) is 12.4 Å². The van der Waals surface area contributed by atoms with Crippen LogP contribution < -0.4 is 9.64 Å². The Hall–Kier alpha value is -2.77. The molecule has 0 radical (unpaired) electrons. The van der Waals surface area contributed by atoms with Gasteiger partial charge in [0.05, 0.1) is 24.7 Å². The molecule has 0 saturated carbocycles. The van der Waals surface area contributed by atoms with Crippen molar-refractivity contribution in [3.63, 3.8) is 0 Å². The highest BCUT2D eigenvalue weighted by Gasteiger charge is 2.34. The number of anilines is 1. The molecule has 2 aromatic carbocycles. The molecule has 0 spiro atoms. The van der Waals surface area contributed by atoms with Crippen molar-refractivity contribution in [2.75, 3.05) is 44.4 Å². The van der Waals surface area contributed by atoms with Crippen molar-refractivity contribution in [3.05, 3.63) is 64.1 Å². The lowest BCUT2D eigenvalue weighted by Gasteiger charge is -2.28. The zero-order valence-corrected chi connectivity index (χ0v) is 18.6. The first-order chi connectivity index (χ1) is 15.0. The molecule has 162 valence electrons. The maximum absolute atomic E-state index is 12.7. The first kappa shape index (κ1) is 21.5. The van der Waals surface area contributed by atoms with Crippen LogP contribution in [0.25, 0.3) is 6.08 Å². The van der Waals surface area contributed by atoms with Gasteiger partial charge in [0, 0.05) is 18.8 Å². The van der Waals surface area contributed by atoms with Gasteiger partial charge in [0.2, 0.25) is 0 Å². The van der Waals surface area contributed by atoms with Gasteiger partial charge in [-0.25, -0.2) is 0 Å². The van der Waals surface area contributed by atoms with Gasteiger partial charge in [-0.2, -0.15) is 0 Å². The van der Waals surface area contributed by atoms with Crippen LogP contribution in [0.15, 0.2) is 47.4 Å². The van der Waals surface area contributed by atoms with Crippen molar-refractivity contribution >= 4 is 34.7 Å². The van der Waals surface area contributed by atoms with Gasteiger partial charge < -0.3 is 14.4 Å². The second kappa shape index (κ2) is 9.58. The molecule has 2 saturated heterocycles. The van der Waals surface area contributed by atoms with E-state index in [0.29, 0.717) is 4.91 Å². The third-order valence-corrected chi connectivity index (χ3v) is 6.26. The molecule has 4 rings (SSSR count). The second-order valence-electron chi connectivity index (χ2n) is 7.64. The van der Waals surface area contributed by atoms with Crippen LogP contribution in [0.1, 0.15) is 16.7 Å². The maximum Gasteiger partial charge on any atom is 0.293 e. The van der Waals surface area contributed by atoms with Gasteiger partial charge in [-0.3, -0.25) is 14.5 Å². The summed E-state index contributed by atoms with van der Waals surface area (Å²) in [5.41, 5.74) is 4.17. The number of thioether (sulfide) groups is 1. The van der Waals surface area contributed by atoms with Gasteiger partial charge in [-0.15, -0.1) is 0 Å². The van der Waals surface area contributed by atoms with E-state index in [1.165, 1.54) is 4.90 Å². The fourth-order valence-corrected chi connectivity index (χ4v) is 4.42. The number of carbonyl (C=O) groups is 2. The van der Waals surface area contributed by atoms with Gasteiger partial charge in [0.25, 0.3) is 11.1 Å². The largest absolute Gasteiger partial charge is 0.491 e. The standard InChI is InChI=1S/C24H26N2O4S/c1-17-3-4-18(2)21(15-17)30-14-11-26-23(27)22(31-24(26)28)16-19-5-7-20(8-6-19)25-9-12-29-13-10-25/h3-8,15-16H,9-14H2,1-2H3/b22-16-. The number of hydrogen-bond donors (Lipinski definition) is 0. The number of ether oxygens (including phenoxy) is 2. The Bertz CT molecular complexity index is 997. The normalized spacial score (nSPS) is 18.2. The lowest BCUT2D eigenvalue weighted by molar-refractivity contribution is -0.123. The van der Waals surface area contributed by atoms with Crippen LogP contribution in [-0.4, -0.2) is 55.5 Å². The Kier molecular flexibility index (Phi) is 6.63. The molecule has 2 heterocycles. The number of morpholine rings is 1. The van der Waals surface area contributed by atoms with Crippen molar-refractivity contribution in [1.29, 1.82) is 0 Å². The quantitative estimate of drug-likeness (QED) is 0.629. The van der Waals surface area contributed by atoms with Crippen LogP contribution in [0.4, 0.5) is 10.5 Å². The molecule has 2 aromatic rings. The Morgan fingerprint density at radius 1 is 1.06 bits per heavy atom. The molecule has 0 bridgehead atoms. The summed E-state index contributed by atoms with van der Waals surface area (Å²) in [7, 11) is 0. The van der Waals surface area contributed by atoms with Crippen molar-refractivity contribution in [2.24, 2.45) is 0 Å². The number of amides is 2. The maximum atomic E-state index is 12.7. The van der Waals surface area contributed by atoms with E-state index in [2.05, 4.69) is 4.90 Å². The molecule has 2 amide bonds. The summed E-state index contributed by atoms with van der Waals surface area (Å²) in [6, 6.07) is 14.0. The van der Waals surface area contributed by atoms with Crippen LogP contribution in [0, 0.1) is 13.8 Å². The fraction of sp³-hybridized carbons (Fsp3) is 0.333. The van der Waals surface area contributed by atoms with Gasteiger partial charge in [0.15, 0.2) is 0 Å². The zero-order chi connectivity index (χ0) is 21.8. The lowest BCUT2D eigenvalue weighted by Crippen LogP contribution is -2.36. The number of carbonyl (C=O) groups excluding carboxylic acids is 2. The summed E-state index contributed by atoms with van der Waals surface area (Å²) < 4.78 is 11.2. The number of aryl methyl sites for hydroxylation is 2. The molecular formula is C24H26N2O4S. The van der Waals surface area contributed by atoms with Gasteiger partial charge >= 0.3 is 0 Å². The van der Waals surface area contributed by atoms with E-state index in [1.54, 1.807) is 6.08 Å². The highest BCUT2D eigenvalue weighted by Crippen LogP contribution is 2.32. The number of rotatable bonds is 6. The molecule has 0 aromatic heterocycles. The Labute approximate surface area is 186 Å². The highest BCUT2D eigenvalue weighted by molar-refractivity contribution is 8.18.